The average molecular weight is 407 g/mol. The van der Waals surface area contributed by atoms with Gasteiger partial charge in [0.25, 0.3) is 5.69 Å². The van der Waals surface area contributed by atoms with Crippen LogP contribution in [0.15, 0.2) is 70.3 Å². The molecule has 150 valence electrons. The summed E-state index contributed by atoms with van der Waals surface area (Å²) in [6.07, 6.45) is 4.46. The molecule has 0 spiro atoms. The van der Waals surface area contributed by atoms with E-state index in [1.165, 1.54) is 30.7 Å². The molecule has 1 amide bonds. The van der Waals surface area contributed by atoms with Crippen LogP contribution in [0.3, 0.4) is 0 Å². The molecule has 0 aliphatic heterocycles. The number of hydrogen-bond donors (Lipinski definition) is 1. The summed E-state index contributed by atoms with van der Waals surface area (Å²) in [6.45, 7) is -0.334. The molecule has 0 aliphatic carbocycles. The number of hydrogen-bond acceptors (Lipinski definition) is 8. The van der Waals surface area contributed by atoms with Crippen molar-refractivity contribution >= 4 is 28.4 Å². The summed E-state index contributed by atoms with van der Waals surface area (Å²) in [5.41, 5.74) is 0.535. The SMILES string of the molecule is O=C(Cn1c(=O)oc2cc([N+](=O)[O-])ccc21)Nc1cccc(Oc2cnccn2)c1. The molecule has 0 unspecified atom stereocenters. The smallest absolute Gasteiger partial charge is 0.420 e. The van der Waals surface area contributed by atoms with E-state index in [9.17, 15) is 19.7 Å². The largest absolute Gasteiger partial charge is 0.437 e. The number of nitro groups is 1. The molecule has 4 aromatic rings. The monoisotopic (exact) mass is 407 g/mol. The highest BCUT2D eigenvalue weighted by Crippen LogP contribution is 2.23. The van der Waals surface area contributed by atoms with Crippen LogP contribution in [-0.4, -0.2) is 25.4 Å². The second-order valence-electron chi connectivity index (χ2n) is 6.08. The Balaban J connectivity index is 1.50. The topological polar surface area (TPSA) is 142 Å². The van der Waals surface area contributed by atoms with Crippen molar-refractivity contribution in [3.63, 3.8) is 0 Å². The predicted molar refractivity (Wildman–Crippen MR) is 104 cm³/mol. The van der Waals surface area contributed by atoms with E-state index in [1.807, 2.05) is 0 Å². The van der Waals surface area contributed by atoms with E-state index < -0.39 is 16.6 Å². The second kappa shape index (κ2) is 7.83. The minimum atomic E-state index is -0.791. The molecule has 4 rings (SSSR count). The van der Waals surface area contributed by atoms with Crippen LogP contribution in [-0.2, 0) is 11.3 Å². The van der Waals surface area contributed by atoms with Gasteiger partial charge >= 0.3 is 5.76 Å². The number of carbonyl (C=O) groups is 1. The van der Waals surface area contributed by atoms with Crippen molar-refractivity contribution in [3.8, 4) is 11.6 Å². The number of non-ortho nitro benzene ring substituents is 1. The number of carbonyl (C=O) groups excluding carboxylic acids is 1. The Labute approximate surface area is 167 Å². The van der Waals surface area contributed by atoms with Crippen molar-refractivity contribution in [1.29, 1.82) is 0 Å². The number of oxazole rings is 1. The van der Waals surface area contributed by atoms with E-state index in [0.717, 1.165) is 10.6 Å². The van der Waals surface area contributed by atoms with Gasteiger partial charge in [0.15, 0.2) is 5.58 Å². The first-order chi connectivity index (χ1) is 14.5. The van der Waals surface area contributed by atoms with Gasteiger partial charge in [-0.15, -0.1) is 0 Å². The predicted octanol–water partition coefficient (Wildman–Crippen LogP) is 2.72. The van der Waals surface area contributed by atoms with Gasteiger partial charge in [0.1, 0.15) is 12.3 Å². The molecule has 0 bridgehead atoms. The second-order valence-corrected chi connectivity index (χ2v) is 6.08. The van der Waals surface area contributed by atoms with Crippen LogP contribution in [0, 0.1) is 10.1 Å². The highest BCUT2D eigenvalue weighted by Gasteiger charge is 2.16. The number of fused-ring (bicyclic) bond motifs is 1. The third-order valence-electron chi connectivity index (χ3n) is 4.04. The molecule has 0 saturated heterocycles. The number of nitrogens with zero attached hydrogens (tertiary/aromatic N) is 4. The number of aromatic nitrogens is 3. The Kier molecular flexibility index (Phi) is 4.91. The normalized spacial score (nSPS) is 10.7. The van der Waals surface area contributed by atoms with Crippen LogP contribution in [0.2, 0.25) is 0 Å². The van der Waals surface area contributed by atoms with Gasteiger partial charge in [-0.2, -0.15) is 0 Å². The number of anilines is 1. The Morgan fingerprint density at radius 2 is 2.10 bits per heavy atom. The zero-order chi connectivity index (χ0) is 21.1. The van der Waals surface area contributed by atoms with Gasteiger partial charge in [0.05, 0.1) is 22.7 Å². The number of nitro benzene ring substituents is 1. The molecule has 2 aromatic carbocycles. The van der Waals surface area contributed by atoms with Crippen molar-refractivity contribution in [1.82, 2.24) is 14.5 Å². The fraction of sp³-hybridized carbons (Fsp3) is 0.0526. The lowest BCUT2D eigenvalue weighted by molar-refractivity contribution is -0.384. The molecule has 11 nitrogen and oxygen atoms in total. The van der Waals surface area contributed by atoms with E-state index in [0.29, 0.717) is 17.3 Å². The van der Waals surface area contributed by atoms with Gasteiger partial charge in [-0.1, -0.05) is 6.07 Å². The highest BCUT2D eigenvalue weighted by atomic mass is 16.6. The molecule has 0 aliphatic rings. The molecular formula is C19H13N5O6. The Morgan fingerprint density at radius 3 is 2.87 bits per heavy atom. The zero-order valence-corrected chi connectivity index (χ0v) is 15.2. The third-order valence-corrected chi connectivity index (χ3v) is 4.04. The van der Waals surface area contributed by atoms with E-state index in [4.69, 9.17) is 9.15 Å². The Morgan fingerprint density at radius 1 is 1.23 bits per heavy atom. The molecule has 1 N–H and O–H groups in total. The van der Waals surface area contributed by atoms with Crippen molar-refractivity contribution in [2.24, 2.45) is 0 Å². The van der Waals surface area contributed by atoms with Crippen molar-refractivity contribution in [3.05, 3.63) is 81.7 Å². The quantitative estimate of drug-likeness (QED) is 0.380. The fourth-order valence-electron chi connectivity index (χ4n) is 2.76. The summed E-state index contributed by atoms with van der Waals surface area (Å²) >= 11 is 0. The van der Waals surface area contributed by atoms with Gasteiger partial charge in [-0.05, 0) is 18.2 Å². The van der Waals surface area contributed by atoms with Crippen LogP contribution in [0.25, 0.3) is 11.1 Å². The van der Waals surface area contributed by atoms with E-state index >= 15 is 0 Å². The number of rotatable bonds is 6. The summed E-state index contributed by atoms with van der Waals surface area (Å²) in [5, 5.41) is 13.5. The van der Waals surface area contributed by atoms with Gasteiger partial charge in [-0.3, -0.25) is 24.5 Å². The summed E-state index contributed by atoms with van der Waals surface area (Å²) in [7, 11) is 0. The maximum Gasteiger partial charge on any atom is 0.420 e. The lowest BCUT2D eigenvalue weighted by Crippen LogP contribution is -2.24. The van der Waals surface area contributed by atoms with E-state index in [-0.39, 0.29) is 23.3 Å². The molecule has 0 saturated carbocycles. The molecule has 0 atom stereocenters. The molecule has 11 heteroatoms. The maximum absolute atomic E-state index is 12.4. The first-order valence-corrected chi connectivity index (χ1v) is 8.61. The first kappa shape index (κ1) is 18.8. The Bertz CT molecular complexity index is 1300. The molecule has 2 heterocycles. The van der Waals surface area contributed by atoms with Gasteiger partial charge in [-0.25, -0.2) is 9.78 Å². The van der Waals surface area contributed by atoms with Gasteiger partial charge in [0.2, 0.25) is 11.8 Å². The number of nitrogens with one attached hydrogen (secondary N) is 1. The average Bonchev–Trinajstić information content (AvgIpc) is 3.03. The van der Waals surface area contributed by atoms with Gasteiger partial charge < -0.3 is 14.5 Å². The minimum Gasteiger partial charge on any atom is -0.437 e. The maximum atomic E-state index is 12.4. The molecule has 30 heavy (non-hydrogen) atoms. The van der Waals surface area contributed by atoms with Crippen LogP contribution in [0.5, 0.6) is 11.6 Å². The number of benzene rings is 2. The van der Waals surface area contributed by atoms with Crippen LogP contribution in [0.1, 0.15) is 0 Å². The molecular weight excluding hydrogens is 394 g/mol. The third kappa shape index (κ3) is 3.99. The standard InChI is InChI=1S/C19H13N5O6/c25-17(11-23-15-5-4-13(24(27)28)9-16(15)30-19(23)26)22-12-2-1-3-14(8-12)29-18-10-20-6-7-21-18/h1-10H,11H2,(H,22,25). The van der Waals surface area contributed by atoms with Crippen molar-refractivity contribution in [2.75, 3.05) is 5.32 Å². The fourth-order valence-corrected chi connectivity index (χ4v) is 2.76. The molecule has 2 aromatic heterocycles. The summed E-state index contributed by atoms with van der Waals surface area (Å²) in [4.78, 5) is 42.7. The summed E-state index contributed by atoms with van der Waals surface area (Å²) < 4.78 is 11.7. The lowest BCUT2D eigenvalue weighted by Gasteiger charge is -2.08. The number of amides is 1. The first-order valence-electron chi connectivity index (χ1n) is 8.61. The summed E-state index contributed by atoms with van der Waals surface area (Å²) in [5.74, 6) is -0.548. The van der Waals surface area contributed by atoms with Crippen LogP contribution < -0.4 is 15.8 Å². The minimum absolute atomic E-state index is 0.0290. The van der Waals surface area contributed by atoms with E-state index in [1.54, 1.807) is 24.3 Å². The van der Waals surface area contributed by atoms with Crippen LogP contribution >= 0.6 is 0 Å². The summed E-state index contributed by atoms with van der Waals surface area (Å²) in [6, 6.07) is 10.3. The van der Waals surface area contributed by atoms with Crippen LogP contribution in [0.4, 0.5) is 11.4 Å². The number of ether oxygens (including phenoxy) is 1. The molecule has 0 radical (unpaired) electrons. The lowest BCUT2D eigenvalue weighted by atomic mass is 10.3. The van der Waals surface area contributed by atoms with E-state index in [2.05, 4.69) is 15.3 Å². The molecule has 0 fully saturated rings. The van der Waals surface area contributed by atoms with Crippen molar-refractivity contribution in [2.45, 2.75) is 6.54 Å². The van der Waals surface area contributed by atoms with Gasteiger partial charge in [0, 0.05) is 30.2 Å². The Hall–Kier alpha value is -4.54. The highest BCUT2D eigenvalue weighted by molar-refractivity contribution is 5.91. The van der Waals surface area contributed by atoms with Crippen molar-refractivity contribution < 1.29 is 18.9 Å². The zero-order valence-electron chi connectivity index (χ0n) is 15.2.